The maximum absolute atomic E-state index is 13.3. The van der Waals surface area contributed by atoms with Crippen LogP contribution in [-0.2, 0) is 11.8 Å². The van der Waals surface area contributed by atoms with Crippen LogP contribution in [0.5, 0.6) is 0 Å². The fourth-order valence-corrected chi connectivity index (χ4v) is 4.01. The zero-order valence-electron chi connectivity index (χ0n) is 16.7. The van der Waals surface area contributed by atoms with Gasteiger partial charge in [-0.25, -0.2) is 4.68 Å². The lowest BCUT2D eigenvalue weighted by molar-refractivity contribution is -0.00308. The van der Waals surface area contributed by atoms with Crippen LogP contribution in [0, 0.1) is 20.8 Å². The van der Waals surface area contributed by atoms with Crippen LogP contribution < -0.4 is 0 Å². The molecule has 3 aromatic rings. The molecule has 0 saturated carbocycles. The van der Waals surface area contributed by atoms with E-state index in [1.165, 1.54) is 0 Å². The molecule has 1 aliphatic heterocycles. The van der Waals surface area contributed by atoms with Crippen LogP contribution in [-0.4, -0.2) is 50.1 Å². The van der Waals surface area contributed by atoms with Crippen molar-refractivity contribution in [3.63, 3.8) is 0 Å². The number of hydrogen-bond acceptors (Lipinski definition) is 4. The average Bonchev–Trinajstić information content (AvgIpc) is 3.19. The van der Waals surface area contributed by atoms with E-state index in [9.17, 15) is 4.79 Å². The zero-order valence-corrected chi connectivity index (χ0v) is 16.7. The summed E-state index contributed by atoms with van der Waals surface area (Å²) in [6, 6.07) is 9.87. The van der Waals surface area contributed by atoms with E-state index in [4.69, 9.17) is 9.84 Å². The maximum atomic E-state index is 13.3. The Labute approximate surface area is 164 Å². The van der Waals surface area contributed by atoms with Crippen LogP contribution in [0.4, 0.5) is 0 Å². The summed E-state index contributed by atoms with van der Waals surface area (Å²) in [5.41, 5.74) is 5.38. The molecule has 7 nitrogen and oxygen atoms in total. The lowest BCUT2D eigenvalue weighted by Gasteiger charge is -2.36. The molecular weight excluding hydrogens is 354 g/mol. The van der Waals surface area contributed by atoms with Crippen LogP contribution in [0.3, 0.4) is 0 Å². The van der Waals surface area contributed by atoms with Gasteiger partial charge in [-0.1, -0.05) is 18.2 Å². The SMILES string of the molecule is Cc1nn(C)cc1C(=O)N1CCOC[C@@H]1c1c(C)nn(-c2ccccc2)c1C. The van der Waals surface area contributed by atoms with Crippen molar-refractivity contribution >= 4 is 5.91 Å². The van der Waals surface area contributed by atoms with Crippen molar-refractivity contribution in [3.8, 4) is 5.69 Å². The molecule has 1 fully saturated rings. The Bertz CT molecular complexity index is 1010. The van der Waals surface area contributed by atoms with Crippen molar-refractivity contribution in [2.45, 2.75) is 26.8 Å². The minimum atomic E-state index is -0.168. The van der Waals surface area contributed by atoms with Crippen molar-refractivity contribution < 1.29 is 9.53 Å². The molecule has 0 aliphatic carbocycles. The first kappa shape index (κ1) is 18.4. The third kappa shape index (κ3) is 3.11. The van der Waals surface area contributed by atoms with E-state index in [0.29, 0.717) is 25.3 Å². The van der Waals surface area contributed by atoms with Gasteiger partial charge in [0.1, 0.15) is 0 Å². The van der Waals surface area contributed by atoms with Crippen LogP contribution in [0.15, 0.2) is 36.5 Å². The standard InChI is InChI=1S/C21H25N5O2/c1-14-18(12-24(4)22-14)21(27)25-10-11-28-13-19(25)20-15(2)23-26(16(20)3)17-8-6-5-7-9-17/h5-9,12,19H,10-11,13H2,1-4H3/t19-/m1/s1. The molecule has 0 spiro atoms. The Hall–Kier alpha value is -2.93. The van der Waals surface area contributed by atoms with E-state index in [-0.39, 0.29) is 11.9 Å². The summed E-state index contributed by atoms with van der Waals surface area (Å²) in [4.78, 5) is 15.2. The smallest absolute Gasteiger partial charge is 0.257 e. The number of ether oxygens (including phenoxy) is 1. The first-order valence-corrected chi connectivity index (χ1v) is 9.48. The topological polar surface area (TPSA) is 65.2 Å². The second-order valence-corrected chi connectivity index (χ2v) is 7.22. The highest BCUT2D eigenvalue weighted by molar-refractivity contribution is 5.95. The number of para-hydroxylation sites is 1. The van der Waals surface area contributed by atoms with E-state index < -0.39 is 0 Å². The van der Waals surface area contributed by atoms with Crippen LogP contribution in [0.25, 0.3) is 5.69 Å². The van der Waals surface area contributed by atoms with Crippen molar-refractivity contribution in [1.29, 1.82) is 0 Å². The highest BCUT2D eigenvalue weighted by atomic mass is 16.5. The van der Waals surface area contributed by atoms with Gasteiger partial charge in [-0.15, -0.1) is 0 Å². The fourth-order valence-electron chi connectivity index (χ4n) is 4.01. The summed E-state index contributed by atoms with van der Waals surface area (Å²) in [6.45, 7) is 7.46. The molecule has 0 unspecified atom stereocenters. The van der Waals surface area contributed by atoms with Crippen molar-refractivity contribution in [2.24, 2.45) is 7.05 Å². The quantitative estimate of drug-likeness (QED) is 0.702. The van der Waals surface area contributed by atoms with Gasteiger partial charge in [0.05, 0.1) is 41.9 Å². The molecule has 28 heavy (non-hydrogen) atoms. The second-order valence-electron chi connectivity index (χ2n) is 7.22. The summed E-state index contributed by atoms with van der Waals surface area (Å²) in [7, 11) is 1.83. The number of rotatable bonds is 3. The highest BCUT2D eigenvalue weighted by Crippen LogP contribution is 2.32. The molecule has 2 aromatic heterocycles. The Morgan fingerprint density at radius 3 is 2.54 bits per heavy atom. The molecule has 146 valence electrons. The molecule has 1 amide bonds. The minimum Gasteiger partial charge on any atom is -0.377 e. The number of carbonyl (C=O) groups excluding carboxylic acids is 1. The molecule has 0 radical (unpaired) electrons. The third-order valence-corrected chi connectivity index (χ3v) is 5.31. The summed E-state index contributed by atoms with van der Waals surface area (Å²) >= 11 is 0. The number of amides is 1. The fraction of sp³-hybridized carbons (Fsp3) is 0.381. The largest absolute Gasteiger partial charge is 0.377 e. The van der Waals surface area contributed by atoms with Gasteiger partial charge in [-0.2, -0.15) is 10.2 Å². The Balaban J connectivity index is 1.74. The van der Waals surface area contributed by atoms with Gasteiger partial charge >= 0.3 is 0 Å². The highest BCUT2D eigenvalue weighted by Gasteiger charge is 2.34. The maximum Gasteiger partial charge on any atom is 0.257 e. The lowest BCUT2D eigenvalue weighted by Crippen LogP contribution is -2.44. The number of carbonyl (C=O) groups is 1. The molecule has 0 bridgehead atoms. The van der Waals surface area contributed by atoms with E-state index in [1.54, 1.807) is 10.9 Å². The number of aryl methyl sites for hydroxylation is 3. The van der Waals surface area contributed by atoms with Gasteiger partial charge in [0.15, 0.2) is 0 Å². The Morgan fingerprint density at radius 1 is 1.11 bits per heavy atom. The van der Waals surface area contributed by atoms with E-state index in [1.807, 2.05) is 60.8 Å². The van der Waals surface area contributed by atoms with Gasteiger partial charge in [0.25, 0.3) is 5.91 Å². The molecule has 4 rings (SSSR count). The lowest BCUT2D eigenvalue weighted by atomic mass is 10.0. The molecule has 1 saturated heterocycles. The number of nitrogens with zero attached hydrogens (tertiary/aromatic N) is 5. The summed E-state index contributed by atoms with van der Waals surface area (Å²) in [6.07, 6.45) is 1.79. The number of benzene rings is 1. The molecule has 7 heteroatoms. The van der Waals surface area contributed by atoms with Crippen molar-refractivity contribution in [2.75, 3.05) is 19.8 Å². The van der Waals surface area contributed by atoms with Crippen molar-refractivity contribution in [3.05, 3.63) is 64.7 Å². The summed E-state index contributed by atoms with van der Waals surface area (Å²) < 4.78 is 9.39. The predicted octanol–water partition coefficient (Wildman–Crippen LogP) is 2.74. The second kappa shape index (κ2) is 7.24. The molecule has 1 aromatic carbocycles. The van der Waals surface area contributed by atoms with Gasteiger partial charge in [0, 0.05) is 31.0 Å². The minimum absolute atomic E-state index is 0.00911. The third-order valence-electron chi connectivity index (χ3n) is 5.31. The number of hydrogen-bond donors (Lipinski definition) is 0. The van der Waals surface area contributed by atoms with Gasteiger partial charge in [-0.05, 0) is 32.9 Å². The molecule has 3 heterocycles. The molecular formula is C21H25N5O2. The van der Waals surface area contributed by atoms with Crippen LogP contribution in [0.1, 0.15) is 39.0 Å². The predicted molar refractivity (Wildman–Crippen MR) is 106 cm³/mol. The first-order valence-electron chi connectivity index (χ1n) is 9.48. The van der Waals surface area contributed by atoms with Gasteiger partial charge in [-0.3, -0.25) is 9.48 Å². The average molecular weight is 379 g/mol. The van der Waals surface area contributed by atoms with Crippen molar-refractivity contribution in [1.82, 2.24) is 24.5 Å². The molecule has 1 aliphatic rings. The van der Waals surface area contributed by atoms with Gasteiger partial charge < -0.3 is 9.64 Å². The van der Waals surface area contributed by atoms with Gasteiger partial charge in [0.2, 0.25) is 0 Å². The molecule has 1 atom stereocenters. The van der Waals surface area contributed by atoms with Crippen LogP contribution in [0.2, 0.25) is 0 Å². The summed E-state index contributed by atoms with van der Waals surface area (Å²) in [5, 5.41) is 9.08. The van der Waals surface area contributed by atoms with E-state index in [2.05, 4.69) is 12.0 Å². The zero-order chi connectivity index (χ0) is 19.8. The molecule has 0 N–H and O–H groups in total. The van der Waals surface area contributed by atoms with E-state index >= 15 is 0 Å². The Kier molecular flexibility index (Phi) is 4.77. The van der Waals surface area contributed by atoms with Crippen LogP contribution >= 0.6 is 0 Å². The first-order chi connectivity index (χ1) is 13.5. The monoisotopic (exact) mass is 379 g/mol. The Morgan fingerprint density at radius 2 is 1.86 bits per heavy atom. The number of aromatic nitrogens is 4. The summed E-state index contributed by atoms with van der Waals surface area (Å²) in [5.74, 6) is -0.00911. The number of morpholine rings is 1. The normalized spacial score (nSPS) is 17.1. The van der Waals surface area contributed by atoms with E-state index in [0.717, 1.165) is 28.3 Å².